The fraction of sp³-hybridized carbons (Fsp3) is 0.160. The average Bonchev–Trinajstić information content (AvgIpc) is 3.18. The van der Waals surface area contributed by atoms with Crippen LogP contribution < -0.4 is 14.8 Å². The van der Waals surface area contributed by atoms with Gasteiger partial charge in [-0.15, -0.1) is 0 Å². The van der Waals surface area contributed by atoms with E-state index < -0.39 is 21.7 Å². The monoisotopic (exact) mass is 542 g/mol. The summed E-state index contributed by atoms with van der Waals surface area (Å²) in [5, 5.41) is 2.74. The highest BCUT2D eigenvalue weighted by Crippen LogP contribution is 2.23. The van der Waals surface area contributed by atoms with Crippen molar-refractivity contribution in [2.45, 2.75) is 18.4 Å². The number of thiazole rings is 1. The first kappa shape index (κ1) is 26.2. The Labute approximate surface area is 216 Å². The molecule has 0 fully saturated rings. The van der Waals surface area contributed by atoms with Crippen molar-refractivity contribution in [1.82, 2.24) is 4.57 Å². The van der Waals surface area contributed by atoms with Crippen LogP contribution in [0.25, 0.3) is 10.2 Å². The summed E-state index contributed by atoms with van der Waals surface area (Å²) in [5.74, 6) is -1.24. The summed E-state index contributed by atoms with van der Waals surface area (Å²) in [5.41, 5.74) is 1.98. The Balaban J connectivity index is 1.60. The zero-order valence-corrected chi connectivity index (χ0v) is 21.5. The van der Waals surface area contributed by atoms with Crippen molar-refractivity contribution in [3.63, 3.8) is 0 Å². The van der Waals surface area contributed by atoms with E-state index in [1.54, 1.807) is 13.2 Å². The SMILES string of the molecule is COCCn1c(=NC(=O)c2ccc(NS(=O)(=O)c3ccc(F)cc3)cc2)sc2cc(NC(C)=O)ccc21. The minimum atomic E-state index is -3.92. The van der Waals surface area contributed by atoms with Gasteiger partial charge in [0.05, 0.1) is 21.7 Å². The van der Waals surface area contributed by atoms with E-state index in [0.717, 1.165) is 34.5 Å². The maximum Gasteiger partial charge on any atom is 0.279 e. The summed E-state index contributed by atoms with van der Waals surface area (Å²) < 4.78 is 48.4. The normalized spacial score (nSPS) is 12.0. The Morgan fingerprint density at radius 1 is 1.03 bits per heavy atom. The van der Waals surface area contributed by atoms with Crippen LogP contribution in [0.15, 0.2) is 76.6 Å². The molecule has 0 bridgehead atoms. The van der Waals surface area contributed by atoms with E-state index in [0.29, 0.717) is 23.6 Å². The second-order valence-corrected chi connectivity index (χ2v) is 10.6. The molecule has 4 aromatic rings. The highest BCUT2D eigenvalue weighted by Gasteiger charge is 2.15. The maximum atomic E-state index is 13.1. The van der Waals surface area contributed by atoms with Crippen LogP contribution in [0, 0.1) is 5.82 Å². The number of carbonyl (C=O) groups is 2. The molecule has 0 aliphatic carbocycles. The number of aromatic nitrogens is 1. The fourth-order valence-corrected chi connectivity index (χ4v) is 5.65. The van der Waals surface area contributed by atoms with Gasteiger partial charge < -0.3 is 14.6 Å². The minimum absolute atomic E-state index is 0.0870. The molecule has 0 spiro atoms. The quantitative estimate of drug-likeness (QED) is 0.349. The number of hydrogen-bond acceptors (Lipinski definition) is 6. The molecule has 2 N–H and O–H groups in total. The molecule has 37 heavy (non-hydrogen) atoms. The van der Waals surface area contributed by atoms with E-state index >= 15 is 0 Å². The lowest BCUT2D eigenvalue weighted by molar-refractivity contribution is -0.114. The molecular weight excluding hydrogens is 519 g/mol. The van der Waals surface area contributed by atoms with Crippen LogP contribution >= 0.6 is 11.3 Å². The van der Waals surface area contributed by atoms with E-state index in [1.807, 2.05) is 16.7 Å². The number of nitrogens with zero attached hydrogens (tertiary/aromatic N) is 2. The van der Waals surface area contributed by atoms with Crippen LogP contribution in [-0.4, -0.2) is 38.5 Å². The van der Waals surface area contributed by atoms with Crippen LogP contribution in [0.5, 0.6) is 0 Å². The third-order valence-corrected chi connectivity index (χ3v) is 7.67. The van der Waals surface area contributed by atoms with Crippen molar-refractivity contribution in [2.75, 3.05) is 23.8 Å². The number of anilines is 2. The highest BCUT2D eigenvalue weighted by molar-refractivity contribution is 7.92. The van der Waals surface area contributed by atoms with E-state index in [-0.39, 0.29) is 22.1 Å². The number of hydrogen-bond donors (Lipinski definition) is 2. The summed E-state index contributed by atoms with van der Waals surface area (Å²) in [6, 6.07) is 15.7. The van der Waals surface area contributed by atoms with Crippen molar-refractivity contribution in [1.29, 1.82) is 0 Å². The van der Waals surface area contributed by atoms with Gasteiger partial charge >= 0.3 is 0 Å². The van der Waals surface area contributed by atoms with Crippen molar-refractivity contribution in [3.8, 4) is 0 Å². The molecule has 4 rings (SSSR count). The first-order chi connectivity index (χ1) is 17.7. The van der Waals surface area contributed by atoms with Gasteiger partial charge in [-0.3, -0.25) is 14.3 Å². The van der Waals surface area contributed by atoms with E-state index in [9.17, 15) is 22.4 Å². The summed E-state index contributed by atoms with van der Waals surface area (Å²) in [6.45, 7) is 2.30. The van der Waals surface area contributed by atoms with Crippen LogP contribution in [0.4, 0.5) is 15.8 Å². The number of halogens is 1. The lowest BCUT2D eigenvalue weighted by Gasteiger charge is -2.08. The zero-order chi connectivity index (χ0) is 26.6. The zero-order valence-electron chi connectivity index (χ0n) is 19.9. The molecule has 12 heteroatoms. The van der Waals surface area contributed by atoms with E-state index in [4.69, 9.17) is 4.74 Å². The number of benzene rings is 3. The largest absolute Gasteiger partial charge is 0.383 e. The first-order valence-electron chi connectivity index (χ1n) is 11.0. The number of amides is 2. The number of methoxy groups -OCH3 is 1. The number of nitrogens with one attached hydrogen (secondary N) is 2. The van der Waals surface area contributed by atoms with Gasteiger partial charge in [0, 0.05) is 37.5 Å². The number of rotatable bonds is 8. The third-order valence-electron chi connectivity index (χ3n) is 5.23. The fourth-order valence-electron chi connectivity index (χ4n) is 3.50. The van der Waals surface area contributed by atoms with Gasteiger partial charge in [0.25, 0.3) is 15.9 Å². The lowest BCUT2D eigenvalue weighted by atomic mass is 10.2. The third kappa shape index (κ3) is 6.28. The maximum absolute atomic E-state index is 13.1. The smallest absolute Gasteiger partial charge is 0.279 e. The molecule has 0 aliphatic heterocycles. The highest BCUT2D eigenvalue weighted by atomic mass is 32.2. The number of sulfonamides is 1. The standard InChI is InChI=1S/C25H23FN4O5S2/c1-16(31)27-20-9-12-22-23(15-20)36-25(30(22)13-14-35-2)28-24(32)17-3-7-19(8-4-17)29-37(33,34)21-10-5-18(26)6-11-21/h3-12,15,29H,13-14H2,1-2H3,(H,27,31). The summed E-state index contributed by atoms with van der Waals surface area (Å²) >= 11 is 1.30. The predicted molar refractivity (Wildman–Crippen MR) is 140 cm³/mol. The second kappa shape index (κ2) is 11.0. The molecule has 0 atom stereocenters. The Hall–Kier alpha value is -3.87. The molecule has 2 amide bonds. The topological polar surface area (TPSA) is 119 Å². The van der Waals surface area contributed by atoms with Crippen LogP contribution in [0.1, 0.15) is 17.3 Å². The first-order valence-corrected chi connectivity index (χ1v) is 13.3. The number of fused-ring (bicyclic) bond motifs is 1. The molecule has 0 saturated heterocycles. The Morgan fingerprint density at radius 3 is 2.35 bits per heavy atom. The van der Waals surface area contributed by atoms with Crippen molar-refractivity contribution >= 4 is 54.8 Å². The molecule has 0 saturated carbocycles. The van der Waals surface area contributed by atoms with E-state index in [1.165, 1.54) is 42.5 Å². The molecule has 192 valence electrons. The van der Waals surface area contributed by atoms with Crippen molar-refractivity contribution < 1.29 is 27.1 Å². The molecule has 0 radical (unpaired) electrons. The van der Waals surface area contributed by atoms with Gasteiger partial charge in [-0.2, -0.15) is 4.99 Å². The molecule has 1 heterocycles. The van der Waals surface area contributed by atoms with Gasteiger partial charge in [-0.1, -0.05) is 11.3 Å². The van der Waals surface area contributed by atoms with Crippen LogP contribution in [-0.2, 0) is 26.1 Å². The molecule has 0 aliphatic rings. The van der Waals surface area contributed by atoms with Crippen molar-refractivity contribution in [2.24, 2.45) is 4.99 Å². The van der Waals surface area contributed by atoms with Gasteiger partial charge in [0.2, 0.25) is 5.91 Å². The van der Waals surface area contributed by atoms with Gasteiger partial charge in [-0.25, -0.2) is 12.8 Å². The summed E-state index contributed by atoms with van der Waals surface area (Å²) in [6.07, 6.45) is 0. The Bertz CT molecular complexity index is 1630. The number of ether oxygens (including phenoxy) is 1. The molecule has 3 aromatic carbocycles. The lowest BCUT2D eigenvalue weighted by Crippen LogP contribution is -2.19. The van der Waals surface area contributed by atoms with Crippen LogP contribution in [0.2, 0.25) is 0 Å². The molecule has 1 aromatic heterocycles. The van der Waals surface area contributed by atoms with E-state index in [2.05, 4.69) is 15.0 Å². The van der Waals surface area contributed by atoms with Gasteiger partial charge in [0.1, 0.15) is 5.82 Å². The predicted octanol–water partition coefficient (Wildman–Crippen LogP) is 3.99. The number of carbonyl (C=O) groups excluding carboxylic acids is 2. The average molecular weight is 543 g/mol. The van der Waals surface area contributed by atoms with Gasteiger partial charge in [-0.05, 0) is 66.7 Å². The van der Waals surface area contributed by atoms with Crippen LogP contribution in [0.3, 0.4) is 0 Å². The Morgan fingerprint density at radius 2 is 1.70 bits per heavy atom. The second-order valence-electron chi connectivity index (χ2n) is 7.95. The minimum Gasteiger partial charge on any atom is -0.383 e. The Kier molecular flexibility index (Phi) is 7.81. The van der Waals surface area contributed by atoms with Gasteiger partial charge in [0.15, 0.2) is 4.80 Å². The molecule has 9 nitrogen and oxygen atoms in total. The molecule has 0 unspecified atom stereocenters. The molecular formula is C25H23FN4O5S2. The summed E-state index contributed by atoms with van der Waals surface area (Å²) in [7, 11) is -2.34. The van der Waals surface area contributed by atoms with Crippen molar-refractivity contribution in [3.05, 3.63) is 82.9 Å². The summed E-state index contributed by atoms with van der Waals surface area (Å²) in [4.78, 5) is 29.0.